The van der Waals surface area contributed by atoms with Crippen LogP contribution in [0.5, 0.6) is 0 Å². The Morgan fingerprint density at radius 1 is 1.42 bits per heavy atom. The van der Waals surface area contributed by atoms with Gasteiger partial charge >= 0.3 is 0 Å². The summed E-state index contributed by atoms with van der Waals surface area (Å²) in [5, 5.41) is 7.28. The van der Waals surface area contributed by atoms with Gasteiger partial charge in [0, 0.05) is 24.2 Å². The first-order valence-electron chi connectivity index (χ1n) is 6.68. The summed E-state index contributed by atoms with van der Waals surface area (Å²) >= 11 is 0. The molecular formula is C15H17N3O. The van der Waals surface area contributed by atoms with Crippen molar-refractivity contribution in [2.45, 2.75) is 25.8 Å². The van der Waals surface area contributed by atoms with E-state index in [2.05, 4.69) is 22.6 Å². The Bertz CT molecular complexity index is 615. The number of amides is 1. The Morgan fingerprint density at radius 3 is 3.21 bits per heavy atom. The van der Waals surface area contributed by atoms with E-state index in [-0.39, 0.29) is 11.8 Å². The van der Waals surface area contributed by atoms with Crippen molar-refractivity contribution in [2.75, 3.05) is 0 Å². The van der Waals surface area contributed by atoms with E-state index in [0.29, 0.717) is 6.54 Å². The van der Waals surface area contributed by atoms with Gasteiger partial charge in [0.15, 0.2) is 0 Å². The fraction of sp³-hybridized carbons (Fsp3) is 0.333. The third-order valence-electron chi connectivity index (χ3n) is 3.60. The Kier molecular flexibility index (Phi) is 3.31. The minimum absolute atomic E-state index is 0.131. The third kappa shape index (κ3) is 2.52. The summed E-state index contributed by atoms with van der Waals surface area (Å²) in [6, 6.07) is 5.93. The quantitative estimate of drug-likeness (QED) is 0.855. The van der Waals surface area contributed by atoms with Crippen molar-refractivity contribution in [3.05, 3.63) is 48.3 Å². The Labute approximate surface area is 112 Å². The first-order chi connectivity index (χ1) is 9.34. The summed E-state index contributed by atoms with van der Waals surface area (Å²) < 4.78 is 1.82. The largest absolute Gasteiger partial charge is 0.352 e. The fourth-order valence-corrected chi connectivity index (χ4v) is 2.48. The molecule has 0 radical (unpaired) electrons. The SMILES string of the molecule is O=C(NCc1cnn2ccccc12)[C@H]1CC=CCC1. The summed E-state index contributed by atoms with van der Waals surface area (Å²) in [5.41, 5.74) is 2.10. The summed E-state index contributed by atoms with van der Waals surface area (Å²) in [6.07, 6.45) is 10.8. The number of allylic oxidation sites excluding steroid dienone is 2. The molecule has 2 aromatic rings. The van der Waals surface area contributed by atoms with Gasteiger partial charge in [-0.2, -0.15) is 5.10 Å². The van der Waals surface area contributed by atoms with Crippen LogP contribution < -0.4 is 5.32 Å². The van der Waals surface area contributed by atoms with Crippen LogP contribution >= 0.6 is 0 Å². The van der Waals surface area contributed by atoms with E-state index in [1.807, 2.05) is 35.1 Å². The first-order valence-corrected chi connectivity index (χ1v) is 6.68. The number of fused-ring (bicyclic) bond motifs is 1. The standard InChI is InChI=1S/C15H17N3O/c19-15(12-6-2-1-3-7-12)16-10-13-11-17-18-9-5-4-8-14(13)18/h1-2,4-5,8-9,11-12H,3,6-7,10H2,(H,16,19)/t12-/m0/s1. The molecule has 4 heteroatoms. The van der Waals surface area contributed by atoms with Crippen molar-refractivity contribution in [1.82, 2.24) is 14.9 Å². The van der Waals surface area contributed by atoms with Crippen molar-refractivity contribution < 1.29 is 4.79 Å². The molecule has 0 saturated carbocycles. The van der Waals surface area contributed by atoms with E-state index in [1.165, 1.54) is 0 Å². The van der Waals surface area contributed by atoms with Gasteiger partial charge in [0.2, 0.25) is 5.91 Å². The molecule has 0 unspecified atom stereocenters. The molecule has 0 fully saturated rings. The summed E-state index contributed by atoms with van der Waals surface area (Å²) in [5.74, 6) is 0.284. The van der Waals surface area contributed by atoms with Gasteiger partial charge in [-0.15, -0.1) is 0 Å². The number of pyridine rings is 1. The highest BCUT2D eigenvalue weighted by molar-refractivity contribution is 5.79. The second kappa shape index (κ2) is 5.26. The van der Waals surface area contributed by atoms with E-state index >= 15 is 0 Å². The molecule has 0 spiro atoms. The van der Waals surface area contributed by atoms with Gasteiger partial charge in [0.25, 0.3) is 0 Å². The Hall–Kier alpha value is -2.10. The molecule has 0 aromatic carbocycles. The summed E-state index contributed by atoms with van der Waals surface area (Å²) in [6.45, 7) is 0.548. The number of hydrogen-bond acceptors (Lipinski definition) is 2. The van der Waals surface area contributed by atoms with Gasteiger partial charge in [0.1, 0.15) is 0 Å². The van der Waals surface area contributed by atoms with Crippen LogP contribution in [-0.4, -0.2) is 15.5 Å². The molecule has 2 aromatic heterocycles. The van der Waals surface area contributed by atoms with Crippen LogP contribution in [0.15, 0.2) is 42.7 Å². The number of hydrogen-bond donors (Lipinski definition) is 1. The third-order valence-corrected chi connectivity index (χ3v) is 3.60. The Morgan fingerprint density at radius 2 is 2.37 bits per heavy atom. The maximum absolute atomic E-state index is 12.1. The van der Waals surface area contributed by atoms with Crippen molar-refractivity contribution in [3.8, 4) is 0 Å². The zero-order chi connectivity index (χ0) is 13.1. The molecule has 0 aliphatic heterocycles. The normalized spacial score (nSPS) is 18.6. The van der Waals surface area contributed by atoms with Crippen LogP contribution in [0.3, 0.4) is 0 Å². The lowest BCUT2D eigenvalue weighted by atomic mass is 9.93. The predicted molar refractivity (Wildman–Crippen MR) is 73.5 cm³/mol. The first kappa shape index (κ1) is 12.0. The molecule has 4 nitrogen and oxygen atoms in total. The molecule has 98 valence electrons. The minimum atomic E-state index is 0.131. The number of carbonyl (C=O) groups excluding carboxylic acids is 1. The predicted octanol–water partition coefficient (Wildman–Crippen LogP) is 2.31. The molecule has 1 amide bonds. The fourth-order valence-electron chi connectivity index (χ4n) is 2.48. The zero-order valence-electron chi connectivity index (χ0n) is 10.7. The lowest BCUT2D eigenvalue weighted by Gasteiger charge is -2.16. The van der Waals surface area contributed by atoms with Crippen LogP contribution in [0.4, 0.5) is 0 Å². The number of nitrogens with zero attached hydrogens (tertiary/aromatic N) is 2. The highest BCUT2D eigenvalue weighted by atomic mass is 16.1. The molecule has 1 N–H and O–H groups in total. The molecule has 3 rings (SSSR count). The van der Waals surface area contributed by atoms with Crippen LogP contribution in [0, 0.1) is 5.92 Å². The zero-order valence-corrected chi connectivity index (χ0v) is 10.7. The van der Waals surface area contributed by atoms with Crippen molar-refractivity contribution in [1.29, 1.82) is 0 Å². The second-order valence-electron chi connectivity index (χ2n) is 4.90. The van der Waals surface area contributed by atoms with Crippen LogP contribution in [0.25, 0.3) is 5.52 Å². The van der Waals surface area contributed by atoms with Gasteiger partial charge in [-0.3, -0.25) is 4.79 Å². The van der Waals surface area contributed by atoms with Crippen molar-refractivity contribution in [3.63, 3.8) is 0 Å². The van der Waals surface area contributed by atoms with Crippen LogP contribution in [-0.2, 0) is 11.3 Å². The Balaban J connectivity index is 1.65. The van der Waals surface area contributed by atoms with Gasteiger partial charge in [-0.25, -0.2) is 4.52 Å². The van der Waals surface area contributed by atoms with Gasteiger partial charge in [0.05, 0.1) is 11.7 Å². The summed E-state index contributed by atoms with van der Waals surface area (Å²) in [4.78, 5) is 12.1. The minimum Gasteiger partial charge on any atom is -0.352 e. The number of carbonyl (C=O) groups is 1. The average Bonchev–Trinajstić information content (AvgIpc) is 2.89. The van der Waals surface area contributed by atoms with Gasteiger partial charge in [-0.05, 0) is 31.4 Å². The molecule has 1 atom stereocenters. The topological polar surface area (TPSA) is 46.4 Å². The van der Waals surface area contributed by atoms with Crippen LogP contribution in [0.1, 0.15) is 24.8 Å². The molecule has 1 aliphatic carbocycles. The van der Waals surface area contributed by atoms with E-state index in [1.54, 1.807) is 0 Å². The lowest BCUT2D eigenvalue weighted by molar-refractivity contribution is -0.125. The highest BCUT2D eigenvalue weighted by Gasteiger charge is 2.18. The monoisotopic (exact) mass is 255 g/mol. The van der Waals surface area contributed by atoms with Crippen molar-refractivity contribution in [2.24, 2.45) is 5.92 Å². The van der Waals surface area contributed by atoms with Crippen molar-refractivity contribution >= 4 is 11.4 Å². The molecule has 0 bridgehead atoms. The highest BCUT2D eigenvalue weighted by Crippen LogP contribution is 2.18. The van der Waals surface area contributed by atoms with E-state index < -0.39 is 0 Å². The molecule has 0 saturated heterocycles. The van der Waals surface area contributed by atoms with Gasteiger partial charge < -0.3 is 5.32 Å². The number of rotatable bonds is 3. The van der Waals surface area contributed by atoms with E-state index in [0.717, 1.165) is 30.3 Å². The van der Waals surface area contributed by atoms with Gasteiger partial charge in [-0.1, -0.05) is 18.2 Å². The van der Waals surface area contributed by atoms with E-state index in [4.69, 9.17) is 0 Å². The molecule has 1 aliphatic rings. The smallest absolute Gasteiger partial charge is 0.223 e. The maximum Gasteiger partial charge on any atom is 0.223 e. The number of nitrogens with one attached hydrogen (secondary N) is 1. The van der Waals surface area contributed by atoms with Crippen LogP contribution in [0.2, 0.25) is 0 Å². The second-order valence-corrected chi connectivity index (χ2v) is 4.90. The number of aromatic nitrogens is 2. The lowest BCUT2D eigenvalue weighted by Crippen LogP contribution is -2.30. The average molecular weight is 255 g/mol. The maximum atomic E-state index is 12.1. The molecule has 19 heavy (non-hydrogen) atoms. The molecule has 2 heterocycles. The summed E-state index contributed by atoms with van der Waals surface area (Å²) in [7, 11) is 0. The van der Waals surface area contributed by atoms with E-state index in [9.17, 15) is 4.79 Å². The molecular weight excluding hydrogens is 238 g/mol.